The molecule has 0 saturated carbocycles. The average molecular weight is 498 g/mol. The van der Waals surface area contributed by atoms with E-state index < -0.39 is 10.2 Å². The van der Waals surface area contributed by atoms with Gasteiger partial charge in [0, 0.05) is 38.8 Å². The number of likely N-dealkylation sites (tertiary alicyclic amines) is 2. The molecular formula is C25H47N5O3S. The van der Waals surface area contributed by atoms with Gasteiger partial charge in [-0.3, -0.25) is 4.79 Å². The zero-order chi connectivity index (χ0) is 24.0. The van der Waals surface area contributed by atoms with Crippen LogP contribution in [0.1, 0.15) is 71.1 Å². The maximum Gasteiger partial charge on any atom is 0.281 e. The van der Waals surface area contributed by atoms with Crippen LogP contribution in [0.3, 0.4) is 0 Å². The average Bonchev–Trinajstić information content (AvgIpc) is 2.88. The molecule has 4 rings (SSSR count). The third kappa shape index (κ3) is 6.93. The van der Waals surface area contributed by atoms with Crippen molar-refractivity contribution in [2.75, 3.05) is 65.4 Å². The molecule has 0 aromatic heterocycles. The van der Waals surface area contributed by atoms with Crippen LogP contribution >= 0.6 is 0 Å². The normalized spacial score (nSPS) is 28.2. The predicted molar refractivity (Wildman–Crippen MR) is 136 cm³/mol. The van der Waals surface area contributed by atoms with Crippen LogP contribution in [-0.4, -0.2) is 104 Å². The summed E-state index contributed by atoms with van der Waals surface area (Å²) >= 11 is 0. The molecule has 34 heavy (non-hydrogen) atoms. The Balaban J connectivity index is 1.13. The quantitative estimate of drug-likeness (QED) is 0.520. The molecule has 9 heteroatoms. The number of amides is 1. The first-order valence-corrected chi connectivity index (χ1v) is 15.3. The fourth-order valence-electron chi connectivity index (χ4n) is 6.20. The van der Waals surface area contributed by atoms with E-state index in [4.69, 9.17) is 0 Å². The van der Waals surface area contributed by atoms with Gasteiger partial charge < -0.3 is 15.1 Å². The Bertz CT molecular complexity index is 742. The Morgan fingerprint density at radius 2 is 1.53 bits per heavy atom. The molecule has 196 valence electrons. The Labute approximate surface area is 207 Å². The fourth-order valence-corrected chi connectivity index (χ4v) is 7.92. The zero-order valence-corrected chi connectivity index (χ0v) is 22.1. The SMILES string of the molecule is CC1CCN(S(=O)(=O)N2CCC[C@@H](C(=O)NCCCN3CCC(N4CCCCC4)CC3)C2)CC1. The third-order valence-electron chi connectivity index (χ3n) is 8.56. The van der Waals surface area contributed by atoms with Gasteiger partial charge in [-0.1, -0.05) is 13.3 Å². The van der Waals surface area contributed by atoms with Crippen LogP contribution in [0.15, 0.2) is 0 Å². The van der Waals surface area contributed by atoms with Gasteiger partial charge in [0.2, 0.25) is 5.91 Å². The van der Waals surface area contributed by atoms with Crippen molar-refractivity contribution in [2.24, 2.45) is 11.8 Å². The molecule has 0 aromatic carbocycles. The first-order chi connectivity index (χ1) is 16.4. The van der Waals surface area contributed by atoms with Crippen molar-refractivity contribution in [3.63, 3.8) is 0 Å². The molecule has 4 aliphatic rings. The maximum atomic E-state index is 13.1. The smallest absolute Gasteiger partial charge is 0.281 e. The monoisotopic (exact) mass is 497 g/mol. The molecular weight excluding hydrogens is 450 g/mol. The Hall–Kier alpha value is -0.740. The molecule has 0 bridgehead atoms. The molecule has 4 heterocycles. The van der Waals surface area contributed by atoms with E-state index in [1.165, 1.54) is 58.3 Å². The van der Waals surface area contributed by atoms with Gasteiger partial charge in [0.05, 0.1) is 5.92 Å². The van der Waals surface area contributed by atoms with Crippen LogP contribution in [-0.2, 0) is 15.0 Å². The standard InChI is InChI=1S/C25H47N5O3S/c1-22-8-19-29(20-9-22)34(32,33)30-16-5-7-23(21-30)25(31)26-12-6-13-27-17-10-24(11-18-27)28-14-3-2-4-15-28/h22-24H,2-21H2,1H3,(H,26,31)/t23-/m1/s1. The van der Waals surface area contributed by atoms with E-state index in [1.54, 1.807) is 8.61 Å². The van der Waals surface area contributed by atoms with Crippen molar-refractivity contribution in [2.45, 2.75) is 77.2 Å². The van der Waals surface area contributed by atoms with Crippen LogP contribution in [0.5, 0.6) is 0 Å². The second-order valence-electron chi connectivity index (χ2n) is 11.1. The number of rotatable bonds is 8. The van der Waals surface area contributed by atoms with E-state index in [0.717, 1.165) is 44.7 Å². The maximum absolute atomic E-state index is 13.1. The Morgan fingerprint density at radius 3 is 2.24 bits per heavy atom. The highest BCUT2D eigenvalue weighted by molar-refractivity contribution is 7.86. The molecule has 0 spiro atoms. The summed E-state index contributed by atoms with van der Waals surface area (Å²) in [6.07, 6.45) is 11.0. The van der Waals surface area contributed by atoms with Gasteiger partial charge >= 0.3 is 0 Å². The molecule has 1 amide bonds. The summed E-state index contributed by atoms with van der Waals surface area (Å²) in [4.78, 5) is 18.0. The van der Waals surface area contributed by atoms with E-state index in [1.807, 2.05) is 0 Å². The van der Waals surface area contributed by atoms with E-state index in [-0.39, 0.29) is 11.8 Å². The van der Waals surface area contributed by atoms with E-state index in [2.05, 4.69) is 22.0 Å². The van der Waals surface area contributed by atoms with Crippen LogP contribution in [0.2, 0.25) is 0 Å². The molecule has 4 aliphatic heterocycles. The lowest BCUT2D eigenvalue weighted by molar-refractivity contribution is -0.126. The molecule has 1 N–H and O–H groups in total. The molecule has 0 aromatic rings. The number of piperidine rings is 4. The summed E-state index contributed by atoms with van der Waals surface area (Å²) in [7, 11) is -3.45. The van der Waals surface area contributed by atoms with Crippen LogP contribution < -0.4 is 5.32 Å². The summed E-state index contributed by atoms with van der Waals surface area (Å²) in [5.74, 6) is 0.385. The minimum Gasteiger partial charge on any atom is -0.356 e. The largest absolute Gasteiger partial charge is 0.356 e. The topological polar surface area (TPSA) is 76.2 Å². The molecule has 0 radical (unpaired) electrons. The van der Waals surface area contributed by atoms with Crippen molar-refractivity contribution in [1.29, 1.82) is 0 Å². The van der Waals surface area contributed by atoms with Crippen LogP contribution in [0, 0.1) is 11.8 Å². The van der Waals surface area contributed by atoms with Crippen LogP contribution in [0.4, 0.5) is 0 Å². The van der Waals surface area contributed by atoms with Crippen molar-refractivity contribution in [3.8, 4) is 0 Å². The lowest BCUT2D eigenvalue weighted by atomic mass is 9.99. The molecule has 0 aliphatic carbocycles. The van der Waals surface area contributed by atoms with Gasteiger partial charge in [-0.25, -0.2) is 0 Å². The zero-order valence-electron chi connectivity index (χ0n) is 21.3. The molecule has 8 nitrogen and oxygen atoms in total. The molecule has 4 fully saturated rings. The number of carbonyl (C=O) groups excluding carboxylic acids is 1. The second kappa shape index (κ2) is 12.5. The first-order valence-electron chi connectivity index (χ1n) is 13.9. The van der Waals surface area contributed by atoms with E-state index in [0.29, 0.717) is 38.6 Å². The summed E-state index contributed by atoms with van der Waals surface area (Å²) < 4.78 is 29.4. The van der Waals surface area contributed by atoms with E-state index in [9.17, 15) is 13.2 Å². The highest BCUT2D eigenvalue weighted by Gasteiger charge is 2.37. The highest BCUT2D eigenvalue weighted by atomic mass is 32.2. The lowest BCUT2D eigenvalue weighted by Gasteiger charge is -2.40. The summed E-state index contributed by atoms with van der Waals surface area (Å²) in [5, 5.41) is 3.10. The predicted octanol–water partition coefficient (Wildman–Crippen LogP) is 2.13. The summed E-state index contributed by atoms with van der Waals surface area (Å²) in [6, 6.07) is 0.773. The van der Waals surface area contributed by atoms with Gasteiger partial charge in [0.1, 0.15) is 0 Å². The first kappa shape index (κ1) is 26.3. The Kier molecular flexibility index (Phi) is 9.66. The van der Waals surface area contributed by atoms with Crippen molar-refractivity contribution >= 4 is 16.1 Å². The lowest BCUT2D eigenvalue weighted by Crippen LogP contribution is -2.52. The van der Waals surface area contributed by atoms with Crippen molar-refractivity contribution in [1.82, 2.24) is 23.7 Å². The van der Waals surface area contributed by atoms with E-state index >= 15 is 0 Å². The van der Waals surface area contributed by atoms with Gasteiger partial charge in [-0.15, -0.1) is 0 Å². The number of hydrogen-bond acceptors (Lipinski definition) is 5. The molecule has 1 atom stereocenters. The van der Waals surface area contributed by atoms with Gasteiger partial charge in [0.15, 0.2) is 0 Å². The van der Waals surface area contributed by atoms with Gasteiger partial charge in [-0.05, 0) is 96.4 Å². The highest BCUT2D eigenvalue weighted by Crippen LogP contribution is 2.25. The summed E-state index contributed by atoms with van der Waals surface area (Å²) in [6.45, 7) is 10.9. The van der Waals surface area contributed by atoms with Gasteiger partial charge in [-0.2, -0.15) is 17.0 Å². The molecule has 0 unspecified atom stereocenters. The number of nitrogens with one attached hydrogen (secondary N) is 1. The fraction of sp³-hybridized carbons (Fsp3) is 0.960. The molecule has 4 saturated heterocycles. The van der Waals surface area contributed by atoms with Gasteiger partial charge in [0.25, 0.3) is 10.2 Å². The number of carbonyl (C=O) groups is 1. The second-order valence-corrected chi connectivity index (χ2v) is 13.0. The van der Waals surface area contributed by atoms with Crippen molar-refractivity contribution < 1.29 is 13.2 Å². The van der Waals surface area contributed by atoms with Crippen molar-refractivity contribution in [3.05, 3.63) is 0 Å². The number of hydrogen-bond donors (Lipinski definition) is 1. The van der Waals surface area contributed by atoms with Crippen LogP contribution in [0.25, 0.3) is 0 Å². The number of nitrogens with zero attached hydrogens (tertiary/aromatic N) is 4. The minimum atomic E-state index is -3.45. The summed E-state index contributed by atoms with van der Waals surface area (Å²) in [5.41, 5.74) is 0. The third-order valence-corrected chi connectivity index (χ3v) is 10.6. The Morgan fingerprint density at radius 1 is 0.824 bits per heavy atom. The minimum absolute atomic E-state index is 0.0240.